The normalized spacial score (nSPS) is 14.9. The van der Waals surface area contributed by atoms with E-state index in [1.165, 1.54) is 12.1 Å². The summed E-state index contributed by atoms with van der Waals surface area (Å²) in [5, 5.41) is 2.06. The number of aromatic amines is 1. The Morgan fingerprint density at radius 3 is 2.64 bits per heavy atom. The van der Waals surface area contributed by atoms with Crippen LogP contribution < -0.4 is 0 Å². The van der Waals surface area contributed by atoms with Crippen LogP contribution >= 0.6 is 0 Å². The maximum Gasteiger partial charge on any atom is 0.278 e. The first-order valence-corrected chi connectivity index (χ1v) is 12.1. The number of nitrogens with one attached hydrogen (secondary N) is 1. The van der Waals surface area contributed by atoms with Crippen molar-refractivity contribution in [2.24, 2.45) is 4.99 Å². The highest BCUT2D eigenvalue weighted by molar-refractivity contribution is 6.20. The van der Waals surface area contributed by atoms with Crippen molar-refractivity contribution in [1.29, 1.82) is 0 Å². The number of carbonyl (C=O) groups excluding carboxylic acids is 1. The van der Waals surface area contributed by atoms with Crippen molar-refractivity contribution < 1.29 is 9.18 Å². The molecule has 0 fully saturated rings. The quantitative estimate of drug-likeness (QED) is 0.294. The van der Waals surface area contributed by atoms with Gasteiger partial charge in [0.25, 0.3) is 5.91 Å². The van der Waals surface area contributed by atoms with Crippen LogP contribution in [-0.4, -0.2) is 32.7 Å². The van der Waals surface area contributed by atoms with Gasteiger partial charge in [0.1, 0.15) is 17.3 Å². The average Bonchev–Trinajstić information content (AvgIpc) is 3.57. The summed E-state index contributed by atoms with van der Waals surface area (Å²) in [6.07, 6.45) is 6.48. The predicted molar refractivity (Wildman–Crippen MR) is 142 cm³/mol. The van der Waals surface area contributed by atoms with Gasteiger partial charge in [0.15, 0.2) is 0 Å². The van der Waals surface area contributed by atoms with E-state index in [2.05, 4.69) is 34.8 Å². The Kier molecular flexibility index (Phi) is 5.49. The lowest BCUT2D eigenvalue weighted by molar-refractivity contribution is -0.122. The molecule has 0 atom stereocenters. The van der Waals surface area contributed by atoms with Crippen LogP contribution in [-0.2, 0) is 17.8 Å². The number of H-pyrrole nitrogens is 1. The molecule has 0 unspecified atom stereocenters. The molecule has 3 aromatic carbocycles. The fourth-order valence-corrected chi connectivity index (χ4v) is 4.96. The minimum absolute atomic E-state index is 0.118. The first-order chi connectivity index (χ1) is 17.6. The highest BCUT2D eigenvalue weighted by atomic mass is 19.1. The number of nitrogens with zero attached hydrogens (tertiary/aromatic N) is 3. The van der Waals surface area contributed by atoms with E-state index in [1.807, 2.05) is 54.7 Å². The van der Waals surface area contributed by atoms with Crippen molar-refractivity contribution in [3.8, 4) is 0 Å². The number of aliphatic imine (C=N–C) groups is 1. The Morgan fingerprint density at radius 2 is 1.81 bits per heavy atom. The molecular weight excluding hydrogens is 451 g/mol. The molecule has 3 heterocycles. The Bertz CT molecular complexity index is 1660. The third kappa shape index (κ3) is 3.81. The van der Waals surface area contributed by atoms with Gasteiger partial charge < -0.3 is 9.55 Å². The van der Waals surface area contributed by atoms with Crippen LogP contribution in [0.4, 0.5) is 4.39 Å². The largest absolute Gasteiger partial charge is 0.361 e. The molecule has 0 spiro atoms. The molecule has 6 heteroatoms. The Balaban J connectivity index is 1.36. The number of para-hydroxylation sites is 1. The fraction of sp³-hybridized carbons (Fsp3) is 0.133. The van der Waals surface area contributed by atoms with Gasteiger partial charge in [0, 0.05) is 58.4 Å². The number of rotatable bonds is 6. The third-order valence-electron chi connectivity index (χ3n) is 6.76. The number of hydrogen-bond donors (Lipinski definition) is 1. The topological polar surface area (TPSA) is 53.4 Å². The summed E-state index contributed by atoms with van der Waals surface area (Å²) in [7, 11) is 0. The van der Waals surface area contributed by atoms with E-state index in [9.17, 15) is 9.18 Å². The van der Waals surface area contributed by atoms with Crippen molar-refractivity contribution in [1.82, 2.24) is 14.5 Å². The van der Waals surface area contributed by atoms with E-state index in [1.54, 1.807) is 11.0 Å². The standard InChI is InChI=1S/C30H25FN4O/c1-2-34-19-22(25-10-6-7-11-28(25)34)16-27-30(36)35(29(33-27)20-8-4-3-5-9-20)15-14-21-18-32-26-17-23(31)12-13-24(21)26/h3-13,16-19,32H,2,14-15H2,1H3. The molecule has 2 aromatic heterocycles. The number of amides is 1. The third-order valence-corrected chi connectivity index (χ3v) is 6.76. The van der Waals surface area contributed by atoms with Crippen LogP contribution in [0.15, 0.2) is 95.9 Å². The first kappa shape index (κ1) is 22.0. The molecule has 5 nitrogen and oxygen atoms in total. The van der Waals surface area contributed by atoms with E-state index in [0.29, 0.717) is 24.5 Å². The molecule has 0 bridgehead atoms. The molecule has 36 heavy (non-hydrogen) atoms. The molecule has 0 saturated heterocycles. The monoisotopic (exact) mass is 476 g/mol. The van der Waals surface area contributed by atoms with E-state index in [-0.39, 0.29) is 11.7 Å². The van der Waals surface area contributed by atoms with Gasteiger partial charge in [-0.15, -0.1) is 0 Å². The second-order valence-electron chi connectivity index (χ2n) is 8.93. The number of amidine groups is 1. The van der Waals surface area contributed by atoms with Gasteiger partial charge in [-0.3, -0.25) is 9.69 Å². The fourth-order valence-electron chi connectivity index (χ4n) is 4.96. The van der Waals surface area contributed by atoms with Gasteiger partial charge in [-0.1, -0.05) is 48.5 Å². The molecule has 5 aromatic rings. The van der Waals surface area contributed by atoms with Crippen LogP contribution in [0.2, 0.25) is 0 Å². The number of hydrogen-bond acceptors (Lipinski definition) is 2. The lowest BCUT2D eigenvalue weighted by atomic mass is 10.1. The van der Waals surface area contributed by atoms with Crippen LogP contribution in [0.3, 0.4) is 0 Å². The Labute approximate surface area is 208 Å². The summed E-state index contributed by atoms with van der Waals surface area (Å²) in [6, 6.07) is 22.7. The van der Waals surface area contributed by atoms with Crippen LogP contribution in [0.25, 0.3) is 27.9 Å². The number of aromatic nitrogens is 2. The molecular formula is C30H25FN4O. The summed E-state index contributed by atoms with van der Waals surface area (Å²) in [5.74, 6) is 0.258. The number of fused-ring (bicyclic) bond motifs is 2. The number of halogens is 1. The van der Waals surface area contributed by atoms with Crippen LogP contribution in [0, 0.1) is 5.82 Å². The van der Waals surface area contributed by atoms with Crippen molar-refractivity contribution in [2.45, 2.75) is 19.9 Å². The Morgan fingerprint density at radius 1 is 1.00 bits per heavy atom. The number of carbonyl (C=O) groups is 1. The summed E-state index contributed by atoms with van der Waals surface area (Å²) in [6.45, 7) is 3.42. The summed E-state index contributed by atoms with van der Waals surface area (Å²) >= 11 is 0. The summed E-state index contributed by atoms with van der Waals surface area (Å²) in [5.41, 5.74) is 5.22. The van der Waals surface area contributed by atoms with Crippen molar-refractivity contribution in [2.75, 3.05) is 6.54 Å². The predicted octanol–water partition coefficient (Wildman–Crippen LogP) is 6.15. The van der Waals surface area contributed by atoms with Crippen molar-refractivity contribution in [3.63, 3.8) is 0 Å². The van der Waals surface area contributed by atoms with Crippen molar-refractivity contribution >= 4 is 39.6 Å². The number of aryl methyl sites for hydroxylation is 1. The van der Waals surface area contributed by atoms with Crippen molar-refractivity contribution in [3.05, 3.63) is 113 Å². The van der Waals surface area contributed by atoms with E-state index < -0.39 is 0 Å². The lowest BCUT2D eigenvalue weighted by Crippen LogP contribution is -2.34. The van der Waals surface area contributed by atoms with Gasteiger partial charge in [0.05, 0.1) is 0 Å². The SMILES string of the molecule is CCn1cc(C=C2N=C(c3ccccc3)N(CCc3c[nH]c4cc(F)ccc34)C2=O)c2ccccc21. The van der Waals surface area contributed by atoms with E-state index in [0.717, 1.165) is 45.0 Å². The highest BCUT2D eigenvalue weighted by Crippen LogP contribution is 2.28. The second kappa shape index (κ2) is 8.96. The molecule has 1 aliphatic heterocycles. The summed E-state index contributed by atoms with van der Waals surface area (Å²) in [4.78, 5) is 23.4. The Hall–Kier alpha value is -4.45. The lowest BCUT2D eigenvalue weighted by Gasteiger charge is -2.18. The van der Waals surface area contributed by atoms with E-state index in [4.69, 9.17) is 4.99 Å². The van der Waals surface area contributed by atoms with Gasteiger partial charge in [-0.2, -0.15) is 0 Å². The summed E-state index contributed by atoms with van der Waals surface area (Å²) < 4.78 is 15.8. The minimum Gasteiger partial charge on any atom is -0.361 e. The van der Waals surface area contributed by atoms with Crippen LogP contribution in [0.1, 0.15) is 23.6 Å². The van der Waals surface area contributed by atoms with Crippen LogP contribution in [0.5, 0.6) is 0 Å². The zero-order chi connectivity index (χ0) is 24.6. The van der Waals surface area contributed by atoms with Gasteiger partial charge in [-0.05, 0) is 49.2 Å². The maximum atomic E-state index is 13.7. The smallest absolute Gasteiger partial charge is 0.278 e. The molecule has 1 aliphatic rings. The molecule has 1 N–H and O–H groups in total. The zero-order valence-electron chi connectivity index (χ0n) is 19.9. The molecule has 1 amide bonds. The highest BCUT2D eigenvalue weighted by Gasteiger charge is 2.31. The van der Waals surface area contributed by atoms with Gasteiger partial charge in [0.2, 0.25) is 0 Å². The molecule has 178 valence electrons. The number of benzene rings is 3. The maximum absolute atomic E-state index is 13.7. The zero-order valence-corrected chi connectivity index (χ0v) is 19.9. The molecule has 6 rings (SSSR count). The van der Waals surface area contributed by atoms with Gasteiger partial charge in [-0.25, -0.2) is 9.38 Å². The first-order valence-electron chi connectivity index (χ1n) is 12.1. The van der Waals surface area contributed by atoms with Gasteiger partial charge >= 0.3 is 0 Å². The molecule has 0 radical (unpaired) electrons. The van der Waals surface area contributed by atoms with E-state index >= 15 is 0 Å². The molecule has 0 aliphatic carbocycles. The molecule has 0 saturated carbocycles. The second-order valence-corrected chi connectivity index (χ2v) is 8.93. The average molecular weight is 477 g/mol. The minimum atomic E-state index is -0.275.